The van der Waals surface area contributed by atoms with Crippen molar-refractivity contribution in [3.05, 3.63) is 50.4 Å². The van der Waals surface area contributed by atoms with Gasteiger partial charge in [-0.25, -0.2) is 4.79 Å². The molecule has 8 nitrogen and oxygen atoms in total. The van der Waals surface area contributed by atoms with E-state index in [-0.39, 0.29) is 17.3 Å². The van der Waals surface area contributed by atoms with Crippen LogP contribution in [-0.4, -0.2) is 30.8 Å². The number of hydrogen-bond donors (Lipinski definition) is 1. The van der Waals surface area contributed by atoms with Crippen molar-refractivity contribution in [3.8, 4) is 0 Å². The Morgan fingerprint density at radius 2 is 2.00 bits per heavy atom. The topological polar surface area (TPSA) is 99.0 Å². The van der Waals surface area contributed by atoms with Crippen LogP contribution in [0.25, 0.3) is 0 Å². The third-order valence-electron chi connectivity index (χ3n) is 4.40. The van der Waals surface area contributed by atoms with E-state index in [1.54, 1.807) is 13.1 Å². The van der Waals surface area contributed by atoms with Gasteiger partial charge in [0.2, 0.25) is 0 Å². The highest BCUT2D eigenvalue weighted by Crippen LogP contribution is 2.31. The zero-order valence-corrected chi connectivity index (χ0v) is 13.3. The first-order chi connectivity index (χ1) is 11.0. The smallest absolute Gasteiger partial charge is 0.330 e. The number of nitrogen functional groups attached to an aromatic ring is 1. The molecular formula is C15H20N6O2. The maximum Gasteiger partial charge on any atom is 0.330 e. The fourth-order valence-corrected chi connectivity index (χ4v) is 3.02. The van der Waals surface area contributed by atoms with Gasteiger partial charge < -0.3 is 5.73 Å². The van der Waals surface area contributed by atoms with Crippen molar-refractivity contribution in [3.63, 3.8) is 0 Å². The first kappa shape index (κ1) is 15.4. The van der Waals surface area contributed by atoms with Crippen molar-refractivity contribution in [2.75, 3.05) is 12.3 Å². The summed E-state index contributed by atoms with van der Waals surface area (Å²) in [5.74, 6) is 0.396. The van der Waals surface area contributed by atoms with Crippen molar-refractivity contribution >= 4 is 5.82 Å². The summed E-state index contributed by atoms with van der Waals surface area (Å²) in [6, 6.07) is 5.27. The SMILES string of the molecule is Cn1c(CN2CCCC2c2ccc(N)nn2)cc(=O)n(C)c1=O. The molecule has 2 N–H and O–H groups in total. The number of hydrogen-bond acceptors (Lipinski definition) is 6. The zero-order valence-electron chi connectivity index (χ0n) is 13.3. The first-order valence-electron chi connectivity index (χ1n) is 7.56. The Hall–Kier alpha value is -2.48. The van der Waals surface area contributed by atoms with E-state index in [1.165, 1.54) is 17.7 Å². The molecule has 0 bridgehead atoms. The van der Waals surface area contributed by atoms with Gasteiger partial charge in [-0.15, -0.1) is 5.10 Å². The van der Waals surface area contributed by atoms with E-state index in [4.69, 9.17) is 5.73 Å². The summed E-state index contributed by atoms with van der Waals surface area (Å²) >= 11 is 0. The number of aromatic nitrogens is 4. The number of nitrogens with two attached hydrogens (primary N) is 1. The highest BCUT2D eigenvalue weighted by atomic mass is 16.2. The molecule has 23 heavy (non-hydrogen) atoms. The highest BCUT2D eigenvalue weighted by molar-refractivity contribution is 5.26. The van der Waals surface area contributed by atoms with Crippen LogP contribution in [-0.2, 0) is 20.6 Å². The normalized spacial score (nSPS) is 18.4. The molecule has 1 aliphatic heterocycles. The molecule has 1 fully saturated rings. The molecule has 8 heteroatoms. The van der Waals surface area contributed by atoms with Gasteiger partial charge in [0.1, 0.15) is 5.82 Å². The average Bonchev–Trinajstić information content (AvgIpc) is 2.99. The van der Waals surface area contributed by atoms with Gasteiger partial charge >= 0.3 is 5.69 Å². The lowest BCUT2D eigenvalue weighted by molar-refractivity contribution is 0.236. The predicted molar refractivity (Wildman–Crippen MR) is 85.8 cm³/mol. The molecule has 1 atom stereocenters. The van der Waals surface area contributed by atoms with E-state index in [1.807, 2.05) is 6.07 Å². The molecule has 1 saturated heterocycles. The van der Waals surface area contributed by atoms with E-state index in [2.05, 4.69) is 15.1 Å². The minimum absolute atomic E-state index is 0.127. The summed E-state index contributed by atoms with van der Waals surface area (Å²) < 4.78 is 2.63. The fraction of sp³-hybridized carbons (Fsp3) is 0.467. The van der Waals surface area contributed by atoms with Gasteiger partial charge in [-0.1, -0.05) is 0 Å². The molecular weight excluding hydrogens is 296 g/mol. The molecule has 0 spiro atoms. The second kappa shape index (κ2) is 5.96. The van der Waals surface area contributed by atoms with Crippen LogP contribution in [0.1, 0.15) is 30.3 Å². The Balaban J connectivity index is 1.89. The van der Waals surface area contributed by atoms with Crippen molar-refractivity contribution in [2.24, 2.45) is 14.1 Å². The minimum Gasteiger partial charge on any atom is -0.382 e. The molecule has 0 aromatic carbocycles. The number of rotatable bonds is 3. The van der Waals surface area contributed by atoms with Crippen molar-refractivity contribution in [1.29, 1.82) is 0 Å². The summed E-state index contributed by atoms with van der Waals surface area (Å²) in [5.41, 5.74) is 6.56. The van der Waals surface area contributed by atoms with Crippen molar-refractivity contribution in [1.82, 2.24) is 24.2 Å². The summed E-state index contributed by atoms with van der Waals surface area (Å²) in [5, 5.41) is 8.09. The second-order valence-electron chi connectivity index (χ2n) is 5.89. The fourth-order valence-electron chi connectivity index (χ4n) is 3.02. The summed E-state index contributed by atoms with van der Waals surface area (Å²) in [7, 11) is 3.17. The maximum absolute atomic E-state index is 12.0. The quantitative estimate of drug-likeness (QED) is 0.841. The average molecular weight is 316 g/mol. The van der Waals surface area contributed by atoms with E-state index >= 15 is 0 Å². The standard InChI is InChI=1S/C15H20N6O2/c1-19-10(8-14(22)20(2)15(19)23)9-21-7-3-4-12(21)11-5-6-13(16)18-17-11/h5-6,8,12H,3-4,7,9H2,1-2H3,(H2,16,18). The van der Waals surface area contributed by atoms with E-state index in [9.17, 15) is 9.59 Å². The van der Waals surface area contributed by atoms with Gasteiger partial charge in [0.25, 0.3) is 5.56 Å². The molecule has 1 aliphatic rings. The maximum atomic E-state index is 12.0. The monoisotopic (exact) mass is 316 g/mol. The third-order valence-corrected chi connectivity index (χ3v) is 4.40. The number of nitrogens with zero attached hydrogens (tertiary/aromatic N) is 5. The Bertz CT molecular complexity index is 823. The molecule has 3 heterocycles. The van der Waals surface area contributed by atoms with Crippen LogP contribution in [0.3, 0.4) is 0 Å². The molecule has 122 valence electrons. The summed E-state index contributed by atoms with van der Waals surface area (Å²) in [6.45, 7) is 1.42. The second-order valence-corrected chi connectivity index (χ2v) is 5.89. The number of likely N-dealkylation sites (tertiary alicyclic amines) is 1. The Labute approximate surface area is 133 Å². The predicted octanol–water partition coefficient (Wildman–Crippen LogP) is -0.207. The van der Waals surface area contributed by atoms with Crippen molar-refractivity contribution < 1.29 is 0 Å². The van der Waals surface area contributed by atoms with Gasteiger partial charge in [-0.3, -0.25) is 18.8 Å². The zero-order chi connectivity index (χ0) is 16.6. The molecule has 3 rings (SSSR count). The lowest BCUT2D eigenvalue weighted by atomic mass is 10.1. The minimum atomic E-state index is -0.310. The molecule has 0 radical (unpaired) electrons. The van der Waals surface area contributed by atoms with Crippen LogP contribution >= 0.6 is 0 Å². The van der Waals surface area contributed by atoms with Gasteiger partial charge in [0.15, 0.2) is 0 Å². The van der Waals surface area contributed by atoms with E-state index in [0.717, 1.165) is 29.6 Å². The molecule has 1 unspecified atom stereocenters. The summed E-state index contributed by atoms with van der Waals surface area (Å²) in [6.07, 6.45) is 2.01. The Morgan fingerprint density at radius 1 is 1.22 bits per heavy atom. The summed E-state index contributed by atoms with van der Waals surface area (Å²) in [4.78, 5) is 26.1. The lowest BCUT2D eigenvalue weighted by Gasteiger charge is -2.24. The van der Waals surface area contributed by atoms with Crippen LogP contribution in [0.15, 0.2) is 27.8 Å². The van der Waals surface area contributed by atoms with Gasteiger partial charge in [0, 0.05) is 32.4 Å². The first-order valence-corrected chi connectivity index (χ1v) is 7.56. The molecule has 0 aliphatic carbocycles. The number of anilines is 1. The third kappa shape index (κ3) is 2.89. The molecule has 0 amide bonds. The van der Waals surface area contributed by atoms with Gasteiger partial charge in [-0.05, 0) is 31.5 Å². The van der Waals surface area contributed by atoms with Crippen molar-refractivity contribution in [2.45, 2.75) is 25.4 Å². The van der Waals surface area contributed by atoms with Gasteiger partial charge in [-0.2, -0.15) is 5.10 Å². The van der Waals surface area contributed by atoms with Crippen LogP contribution in [0, 0.1) is 0 Å². The van der Waals surface area contributed by atoms with Crippen LogP contribution in [0.4, 0.5) is 5.82 Å². The Morgan fingerprint density at radius 3 is 2.70 bits per heavy atom. The Kier molecular flexibility index (Phi) is 3.99. The van der Waals surface area contributed by atoms with Crippen LogP contribution < -0.4 is 17.0 Å². The van der Waals surface area contributed by atoms with Crippen LogP contribution in [0.2, 0.25) is 0 Å². The molecule has 2 aromatic heterocycles. The van der Waals surface area contributed by atoms with E-state index < -0.39 is 0 Å². The van der Waals surface area contributed by atoms with Gasteiger partial charge in [0.05, 0.1) is 11.7 Å². The molecule has 2 aromatic rings. The van der Waals surface area contributed by atoms with E-state index in [0.29, 0.717) is 18.1 Å². The van der Waals surface area contributed by atoms with Crippen LogP contribution in [0.5, 0.6) is 0 Å². The largest absolute Gasteiger partial charge is 0.382 e. The lowest BCUT2D eigenvalue weighted by Crippen LogP contribution is -2.39. The highest BCUT2D eigenvalue weighted by Gasteiger charge is 2.28. The molecule has 0 saturated carbocycles.